The molecule has 1 aromatic rings. The van der Waals surface area contributed by atoms with Crippen molar-refractivity contribution in [3.8, 4) is 0 Å². The summed E-state index contributed by atoms with van der Waals surface area (Å²) in [5, 5.41) is 3.49. The molecule has 2 nitrogen and oxygen atoms in total. The SMILES string of the molecule is Cc1ccc2c(c1)C(N(CC1CCNCC1)C(C)C)CC2. The fraction of sp³-hybridized carbons (Fsp3) is 0.684. The molecule has 1 fully saturated rings. The molecule has 0 spiro atoms. The van der Waals surface area contributed by atoms with Gasteiger partial charge in [-0.05, 0) is 76.6 Å². The lowest BCUT2D eigenvalue weighted by molar-refractivity contribution is 0.116. The van der Waals surface area contributed by atoms with E-state index in [1.807, 2.05) is 0 Å². The predicted octanol–water partition coefficient (Wildman–Crippen LogP) is 3.69. The van der Waals surface area contributed by atoms with E-state index in [4.69, 9.17) is 0 Å². The van der Waals surface area contributed by atoms with Gasteiger partial charge in [0.05, 0.1) is 0 Å². The van der Waals surface area contributed by atoms with E-state index < -0.39 is 0 Å². The lowest BCUT2D eigenvalue weighted by Crippen LogP contribution is -2.41. The van der Waals surface area contributed by atoms with Crippen LogP contribution in [-0.2, 0) is 6.42 Å². The van der Waals surface area contributed by atoms with Crippen LogP contribution in [0.3, 0.4) is 0 Å². The van der Waals surface area contributed by atoms with E-state index in [1.54, 1.807) is 11.1 Å². The van der Waals surface area contributed by atoms with Crippen molar-refractivity contribution in [2.45, 2.75) is 58.5 Å². The Balaban J connectivity index is 1.77. The van der Waals surface area contributed by atoms with Crippen LogP contribution in [0.5, 0.6) is 0 Å². The quantitative estimate of drug-likeness (QED) is 0.908. The predicted molar refractivity (Wildman–Crippen MR) is 89.7 cm³/mol. The maximum Gasteiger partial charge on any atom is 0.0356 e. The highest BCUT2D eigenvalue weighted by Gasteiger charge is 2.31. The maximum atomic E-state index is 3.49. The zero-order valence-corrected chi connectivity index (χ0v) is 13.9. The van der Waals surface area contributed by atoms with Crippen LogP contribution in [0.2, 0.25) is 0 Å². The second-order valence-electron chi connectivity index (χ2n) is 7.24. The number of fused-ring (bicyclic) bond motifs is 1. The average Bonchev–Trinajstić information content (AvgIpc) is 2.88. The van der Waals surface area contributed by atoms with E-state index in [0.29, 0.717) is 12.1 Å². The fourth-order valence-corrected chi connectivity index (χ4v) is 4.10. The van der Waals surface area contributed by atoms with Gasteiger partial charge in [0, 0.05) is 18.6 Å². The van der Waals surface area contributed by atoms with Gasteiger partial charge in [-0.3, -0.25) is 4.90 Å². The highest BCUT2D eigenvalue weighted by atomic mass is 15.2. The Morgan fingerprint density at radius 3 is 2.67 bits per heavy atom. The van der Waals surface area contributed by atoms with Gasteiger partial charge in [-0.25, -0.2) is 0 Å². The minimum atomic E-state index is 0.636. The minimum absolute atomic E-state index is 0.636. The number of hydrogen-bond acceptors (Lipinski definition) is 2. The number of hydrogen-bond donors (Lipinski definition) is 1. The number of nitrogens with zero attached hydrogens (tertiary/aromatic N) is 1. The van der Waals surface area contributed by atoms with Crippen molar-refractivity contribution >= 4 is 0 Å². The molecule has 0 saturated carbocycles. The lowest BCUT2D eigenvalue weighted by atomic mass is 9.95. The van der Waals surface area contributed by atoms with Crippen LogP contribution in [-0.4, -0.2) is 30.6 Å². The second kappa shape index (κ2) is 6.50. The van der Waals surface area contributed by atoms with Crippen molar-refractivity contribution in [2.24, 2.45) is 5.92 Å². The molecule has 1 unspecified atom stereocenters. The first kappa shape index (κ1) is 15.1. The van der Waals surface area contributed by atoms with E-state index in [9.17, 15) is 0 Å². The number of rotatable bonds is 4. The first-order valence-corrected chi connectivity index (χ1v) is 8.71. The lowest BCUT2D eigenvalue weighted by Gasteiger charge is -2.37. The van der Waals surface area contributed by atoms with E-state index in [0.717, 1.165) is 5.92 Å². The van der Waals surface area contributed by atoms with Crippen molar-refractivity contribution in [3.05, 3.63) is 34.9 Å². The number of nitrogens with one attached hydrogen (secondary N) is 1. The topological polar surface area (TPSA) is 15.3 Å². The summed E-state index contributed by atoms with van der Waals surface area (Å²) in [5.41, 5.74) is 4.60. The third-order valence-electron chi connectivity index (χ3n) is 5.34. The van der Waals surface area contributed by atoms with Crippen LogP contribution in [0.4, 0.5) is 0 Å². The molecule has 116 valence electrons. The molecule has 1 aliphatic carbocycles. The molecule has 3 rings (SSSR count). The van der Waals surface area contributed by atoms with Gasteiger partial charge in [0.1, 0.15) is 0 Å². The first-order chi connectivity index (χ1) is 10.1. The molecular weight excluding hydrogens is 256 g/mol. The molecule has 1 aliphatic heterocycles. The molecule has 1 aromatic carbocycles. The highest BCUT2D eigenvalue weighted by molar-refractivity contribution is 5.37. The summed E-state index contributed by atoms with van der Waals surface area (Å²) in [6.45, 7) is 10.7. The van der Waals surface area contributed by atoms with Crippen LogP contribution in [0.1, 0.15) is 55.8 Å². The number of aryl methyl sites for hydroxylation is 2. The van der Waals surface area contributed by atoms with Gasteiger partial charge < -0.3 is 5.32 Å². The summed E-state index contributed by atoms with van der Waals surface area (Å²) in [6, 6.07) is 8.35. The number of benzene rings is 1. The van der Waals surface area contributed by atoms with Gasteiger partial charge in [0.15, 0.2) is 0 Å². The Morgan fingerprint density at radius 1 is 1.19 bits per heavy atom. The molecule has 1 atom stereocenters. The van der Waals surface area contributed by atoms with Gasteiger partial charge in [-0.1, -0.05) is 23.8 Å². The maximum absolute atomic E-state index is 3.49. The molecule has 0 bridgehead atoms. The van der Waals surface area contributed by atoms with Crippen molar-refractivity contribution in [1.82, 2.24) is 10.2 Å². The molecule has 2 heteroatoms. The van der Waals surface area contributed by atoms with E-state index in [2.05, 4.69) is 49.2 Å². The Bertz CT molecular complexity index is 474. The van der Waals surface area contributed by atoms with Gasteiger partial charge >= 0.3 is 0 Å². The van der Waals surface area contributed by atoms with Crippen molar-refractivity contribution in [2.75, 3.05) is 19.6 Å². The molecule has 1 heterocycles. The van der Waals surface area contributed by atoms with Crippen LogP contribution < -0.4 is 5.32 Å². The zero-order chi connectivity index (χ0) is 14.8. The molecule has 1 N–H and O–H groups in total. The summed E-state index contributed by atoms with van der Waals surface area (Å²) in [4.78, 5) is 2.78. The fourth-order valence-electron chi connectivity index (χ4n) is 4.10. The van der Waals surface area contributed by atoms with Crippen LogP contribution in [0, 0.1) is 12.8 Å². The highest BCUT2D eigenvalue weighted by Crippen LogP contribution is 2.38. The Kier molecular flexibility index (Phi) is 4.66. The standard InChI is InChI=1S/C19H30N2/c1-14(2)21(13-16-8-10-20-11-9-16)19-7-6-17-5-4-15(3)12-18(17)19/h4-5,12,14,16,19-20H,6-11,13H2,1-3H3. The van der Waals surface area contributed by atoms with Gasteiger partial charge in [-0.15, -0.1) is 0 Å². The average molecular weight is 286 g/mol. The Morgan fingerprint density at radius 2 is 1.95 bits per heavy atom. The third kappa shape index (κ3) is 3.32. The molecule has 1 saturated heterocycles. The molecular formula is C19H30N2. The van der Waals surface area contributed by atoms with Gasteiger partial charge in [0.25, 0.3) is 0 Å². The van der Waals surface area contributed by atoms with Crippen molar-refractivity contribution in [1.29, 1.82) is 0 Å². The molecule has 0 aromatic heterocycles. The van der Waals surface area contributed by atoms with Crippen LogP contribution in [0.25, 0.3) is 0 Å². The van der Waals surface area contributed by atoms with E-state index in [-0.39, 0.29) is 0 Å². The summed E-state index contributed by atoms with van der Waals surface area (Å²) in [7, 11) is 0. The summed E-state index contributed by atoms with van der Waals surface area (Å²) < 4.78 is 0. The summed E-state index contributed by atoms with van der Waals surface area (Å²) in [5.74, 6) is 0.877. The number of piperidine rings is 1. The Hall–Kier alpha value is -0.860. The van der Waals surface area contributed by atoms with Crippen LogP contribution in [0.15, 0.2) is 18.2 Å². The zero-order valence-electron chi connectivity index (χ0n) is 13.9. The first-order valence-electron chi connectivity index (χ1n) is 8.71. The smallest absolute Gasteiger partial charge is 0.0356 e. The summed E-state index contributed by atoms with van der Waals surface area (Å²) >= 11 is 0. The molecule has 0 radical (unpaired) electrons. The third-order valence-corrected chi connectivity index (χ3v) is 5.34. The molecule has 0 amide bonds. The van der Waals surface area contributed by atoms with Gasteiger partial charge in [0.2, 0.25) is 0 Å². The minimum Gasteiger partial charge on any atom is -0.317 e. The largest absolute Gasteiger partial charge is 0.317 e. The van der Waals surface area contributed by atoms with Crippen molar-refractivity contribution < 1.29 is 0 Å². The normalized spacial score (nSPS) is 23.0. The van der Waals surface area contributed by atoms with E-state index >= 15 is 0 Å². The second-order valence-corrected chi connectivity index (χ2v) is 7.24. The molecule has 2 aliphatic rings. The van der Waals surface area contributed by atoms with Crippen molar-refractivity contribution in [3.63, 3.8) is 0 Å². The Labute approximate surface area is 129 Å². The van der Waals surface area contributed by atoms with E-state index in [1.165, 1.54) is 50.9 Å². The summed E-state index contributed by atoms with van der Waals surface area (Å²) in [6.07, 6.45) is 5.25. The monoisotopic (exact) mass is 286 g/mol. The van der Waals surface area contributed by atoms with Gasteiger partial charge in [-0.2, -0.15) is 0 Å². The van der Waals surface area contributed by atoms with Crippen LogP contribution >= 0.6 is 0 Å². The molecule has 21 heavy (non-hydrogen) atoms.